The van der Waals surface area contributed by atoms with E-state index < -0.39 is 0 Å². The van der Waals surface area contributed by atoms with Gasteiger partial charge in [-0.05, 0) is 42.3 Å². The standard InChI is InChI=1S/C22H25N3O4/c1-15-12-18(27)17(14-25-8-6-24(7-9-25)10-11-26)22-20(15)21(28)19(29-22)13-16-2-4-23-5-3-16/h2-5,12-13,26-27H,6-11,14H2,1H3/p+2/b19-13-. The second-order valence-electron chi connectivity index (χ2n) is 7.77. The fourth-order valence-corrected chi connectivity index (χ4v) is 4.15. The number of ether oxygens (including phenoxy) is 1. The van der Waals surface area contributed by atoms with Gasteiger partial charge in [0, 0.05) is 12.4 Å². The molecule has 1 aromatic carbocycles. The molecule has 29 heavy (non-hydrogen) atoms. The minimum absolute atomic E-state index is 0.150. The molecule has 2 aliphatic rings. The van der Waals surface area contributed by atoms with Gasteiger partial charge < -0.3 is 24.7 Å². The molecule has 1 fully saturated rings. The molecule has 0 spiro atoms. The summed E-state index contributed by atoms with van der Waals surface area (Å²) in [6.07, 6.45) is 5.06. The molecule has 0 amide bonds. The summed E-state index contributed by atoms with van der Waals surface area (Å²) in [6, 6.07) is 5.30. The molecule has 0 radical (unpaired) electrons. The van der Waals surface area contributed by atoms with Gasteiger partial charge in [0.25, 0.3) is 0 Å². The first-order valence-electron chi connectivity index (χ1n) is 10.0. The molecule has 0 atom stereocenters. The highest BCUT2D eigenvalue weighted by Crippen LogP contribution is 2.41. The molecule has 152 valence electrons. The van der Waals surface area contributed by atoms with Crippen molar-refractivity contribution in [2.75, 3.05) is 39.3 Å². The summed E-state index contributed by atoms with van der Waals surface area (Å²) >= 11 is 0. The Bertz CT molecular complexity index is 935. The van der Waals surface area contributed by atoms with Crippen molar-refractivity contribution in [3.8, 4) is 11.5 Å². The van der Waals surface area contributed by atoms with Crippen LogP contribution in [0.25, 0.3) is 6.08 Å². The van der Waals surface area contributed by atoms with Gasteiger partial charge in [0.1, 0.15) is 45.0 Å². The minimum atomic E-state index is -0.150. The zero-order chi connectivity index (χ0) is 20.4. The number of piperazine rings is 1. The number of Topliss-reactive ketones (excluding diaryl/α,β-unsaturated/α-hetero) is 1. The molecule has 4 N–H and O–H groups in total. The van der Waals surface area contributed by atoms with Gasteiger partial charge in [-0.1, -0.05) is 0 Å². The number of aliphatic hydroxyl groups excluding tert-OH is 1. The summed E-state index contributed by atoms with van der Waals surface area (Å²) in [5, 5.41) is 19.7. The Labute approximate surface area is 169 Å². The number of hydrogen-bond acceptors (Lipinski definition) is 5. The van der Waals surface area contributed by atoms with Crippen molar-refractivity contribution in [3.63, 3.8) is 0 Å². The van der Waals surface area contributed by atoms with E-state index in [9.17, 15) is 9.90 Å². The molecular weight excluding hydrogens is 370 g/mol. The Morgan fingerprint density at radius 2 is 1.86 bits per heavy atom. The van der Waals surface area contributed by atoms with E-state index in [1.807, 2.05) is 19.1 Å². The number of benzene rings is 1. The Kier molecular flexibility index (Phi) is 5.62. The third-order valence-corrected chi connectivity index (χ3v) is 5.78. The molecule has 0 unspecified atom stereocenters. The van der Waals surface area contributed by atoms with Gasteiger partial charge in [0.05, 0.1) is 17.7 Å². The van der Waals surface area contributed by atoms with Crippen LogP contribution in [0.4, 0.5) is 0 Å². The van der Waals surface area contributed by atoms with E-state index in [-0.39, 0.29) is 23.9 Å². The molecule has 3 heterocycles. The van der Waals surface area contributed by atoms with Crippen molar-refractivity contribution in [3.05, 3.63) is 58.6 Å². The zero-order valence-electron chi connectivity index (χ0n) is 16.6. The zero-order valence-corrected chi connectivity index (χ0v) is 16.6. The highest BCUT2D eigenvalue weighted by atomic mass is 16.5. The Balaban J connectivity index is 1.59. The van der Waals surface area contributed by atoms with Crippen molar-refractivity contribution < 1.29 is 29.5 Å². The van der Waals surface area contributed by atoms with Gasteiger partial charge in [0.2, 0.25) is 5.78 Å². The number of rotatable bonds is 5. The normalized spacial score (nSPS) is 22.6. The van der Waals surface area contributed by atoms with E-state index >= 15 is 0 Å². The topological polar surface area (TPSA) is 88.5 Å². The van der Waals surface area contributed by atoms with Gasteiger partial charge in [-0.3, -0.25) is 9.78 Å². The third-order valence-electron chi connectivity index (χ3n) is 5.78. The maximum Gasteiger partial charge on any atom is 0.232 e. The summed E-state index contributed by atoms with van der Waals surface area (Å²) in [4.78, 5) is 19.7. The average Bonchev–Trinajstić information content (AvgIpc) is 3.04. The summed E-state index contributed by atoms with van der Waals surface area (Å²) in [6.45, 7) is 7.28. The van der Waals surface area contributed by atoms with Crippen LogP contribution >= 0.6 is 0 Å². The quantitative estimate of drug-likeness (QED) is 0.486. The summed E-state index contributed by atoms with van der Waals surface area (Å²) in [5.74, 6) is 0.790. The first kappa shape index (κ1) is 19.6. The van der Waals surface area contributed by atoms with Gasteiger partial charge in [-0.2, -0.15) is 0 Å². The van der Waals surface area contributed by atoms with Crippen molar-refractivity contribution in [1.82, 2.24) is 4.98 Å². The molecule has 1 aromatic heterocycles. The van der Waals surface area contributed by atoms with Crippen LogP contribution < -0.4 is 14.5 Å². The lowest BCUT2D eigenvalue weighted by Gasteiger charge is -2.29. The molecule has 7 heteroatoms. The Morgan fingerprint density at radius 3 is 2.55 bits per heavy atom. The van der Waals surface area contributed by atoms with Crippen molar-refractivity contribution in [1.29, 1.82) is 0 Å². The number of hydrogen-bond donors (Lipinski definition) is 4. The van der Waals surface area contributed by atoms with Gasteiger partial charge in [-0.15, -0.1) is 0 Å². The number of aliphatic hydroxyl groups is 1. The van der Waals surface area contributed by atoms with Crippen LogP contribution in [-0.2, 0) is 6.54 Å². The van der Waals surface area contributed by atoms with Crippen LogP contribution in [-0.4, -0.2) is 60.3 Å². The van der Waals surface area contributed by atoms with Crippen molar-refractivity contribution in [2.24, 2.45) is 0 Å². The highest BCUT2D eigenvalue weighted by molar-refractivity contribution is 6.15. The van der Waals surface area contributed by atoms with Crippen LogP contribution in [0.2, 0.25) is 0 Å². The smallest absolute Gasteiger partial charge is 0.232 e. The molecule has 2 aliphatic heterocycles. The van der Waals surface area contributed by atoms with Crippen molar-refractivity contribution >= 4 is 11.9 Å². The predicted molar refractivity (Wildman–Crippen MR) is 107 cm³/mol. The molecule has 0 bridgehead atoms. The number of aryl methyl sites for hydroxylation is 1. The third kappa shape index (κ3) is 4.03. The lowest BCUT2D eigenvalue weighted by molar-refractivity contribution is -1.02. The second-order valence-corrected chi connectivity index (χ2v) is 7.77. The number of nitrogens with zero attached hydrogens (tertiary/aromatic N) is 1. The van der Waals surface area contributed by atoms with Crippen LogP contribution in [0.1, 0.15) is 27.0 Å². The lowest BCUT2D eigenvalue weighted by atomic mass is 9.99. The number of carbonyl (C=O) groups is 1. The Morgan fingerprint density at radius 1 is 1.17 bits per heavy atom. The number of ketones is 1. The number of allylic oxidation sites excluding steroid dienone is 1. The Hall–Kier alpha value is -2.74. The number of phenols is 1. The van der Waals surface area contributed by atoms with Gasteiger partial charge in [-0.25, -0.2) is 0 Å². The van der Waals surface area contributed by atoms with E-state index in [0.29, 0.717) is 23.4 Å². The predicted octanol–water partition coefficient (Wildman–Crippen LogP) is -1.01. The number of aromatic hydroxyl groups is 1. The lowest BCUT2D eigenvalue weighted by Crippen LogP contribution is -3.27. The molecule has 7 nitrogen and oxygen atoms in total. The van der Waals surface area contributed by atoms with Crippen LogP contribution in [0.15, 0.2) is 36.4 Å². The summed E-state index contributed by atoms with van der Waals surface area (Å²) in [7, 11) is 0. The number of nitrogens with one attached hydrogen (secondary N) is 2. The number of quaternary nitrogens is 2. The fraction of sp³-hybridized carbons (Fsp3) is 0.364. The van der Waals surface area contributed by atoms with E-state index in [1.54, 1.807) is 24.5 Å². The van der Waals surface area contributed by atoms with Gasteiger partial charge in [0.15, 0.2) is 11.5 Å². The maximum atomic E-state index is 13.0. The van der Waals surface area contributed by atoms with Crippen LogP contribution in [0, 0.1) is 6.92 Å². The van der Waals surface area contributed by atoms with E-state index in [1.165, 1.54) is 9.80 Å². The first-order chi connectivity index (χ1) is 14.1. The SMILES string of the molecule is Cc1cc(O)c(C[NH+]2CC[NH+](CCO)CC2)c2c1C(=O)/C(=C/c1ccncc1)O2. The molecule has 0 saturated carbocycles. The number of carbonyl (C=O) groups excluding carboxylic acids is 1. The highest BCUT2D eigenvalue weighted by Gasteiger charge is 2.35. The first-order valence-corrected chi connectivity index (χ1v) is 10.0. The summed E-state index contributed by atoms with van der Waals surface area (Å²) < 4.78 is 6.00. The molecule has 2 aromatic rings. The van der Waals surface area contributed by atoms with E-state index in [4.69, 9.17) is 9.84 Å². The largest absolute Gasteiger partial charge is 0.507 e. The maximum absolute atomic E-state index is 13.0. The molecule has 1 saturated heterocycles. The average molecular weight is 397 g/mol. The molecule has 0 aliphatic carbocycles. The fourth-order valence-electron chi connectivity index (χ4n) is 4.15. The molecule has 4 rings (SSSR count). The number of pyridine rings is 1. The van der Waals surface area contributed by atoms with Crippen LogP contribution in [0.3, 0.4) is 0 Å². The van der Waals surface area contributed by atoms with E-state index in [0.717, 1.165) is 43.9 Å². The number of fused-ring (bicyclic) bond motifs is 1. The molecular formula is C22H27N3O4+2. The van der Waals surface area contributed by atoms with Crippen LogP contribution in [0.5, 0.6) is 11.5 Å². The van der Waals surface area contributed by atoms with Gasteiger partial charge >= 0.3 is 0 Å². The van der Waals surface area contributed by atoms with Crippen molar-refractivity contribution in [2.45, 2.75) is 13.5 Å². The minimum Gasteiger partial charge on any atom is -0.507 e. The number of phenolic OH excluding ortho intramolecular Hbond substituents is 1. The summed E-state index contributed by atoms with van der Waals surface area (Å²) in [5.41, 5.74) is 2.80. The second kappa shape index (κ2) is 8.32. The monoisotopic (exact) mass is 397 g/mol. The number of aromatic nitrogens is 1. The van der Waals surface area contributed by atoms with E-state index in [2.05, 4.69) is 4.98 Å².